The first-order valence-electron chi connectivity index (χ1n) is 4.56. The number of nitriles is 1. The van der Waals surface area contributed by atoms with Crippen LogP contribution in [0.1, 0.15) is 16.2 Å². The van der Waals surface area contributed by atoms with Gasteiger partial charge < -0.3 is 4.98 Å². The fourth-order valence-corrected chi connectivity index (χ4v) is 1.89. The van der Waals surface area contributed by atoms with Crippen molar-refractivity contribution in [2.75, 3.05) is 0 Å². The van der Waals surface area contributed by atoms with E-state index in [0.29, 0.717) is 22.1 Å². The summed E-state index contributed by atoms with van der Waals surface area (Å²) in [7, 11) is 0. The molecule has 0 aliphatic rings. The molecule has 1 aromatic carbocycles. The van der Waals surface area contributed by atoms with Gasteiger partial charge in [0, 0.05) is 5.56 Å². The molecule has 0 radical (unpaired) electrons. The number of aldehydes is 1. The Morgan fingerprint density at radius 2 is 2.29 bits per heavy atom. The van der Waals surface area contributed by atoms with Crippen molar-refractivity contribution in [3.05, 3.63) is 40.0 Å². The number of rotatable bonds is 2. The molecule has 0 aliphatic heterocycles. The van der Waals surface area contributed by atoms with Crippen molar-refractivity contribution in [3.63, 3.8) is 0 Å². The lowest BCUT2D eigenvalue weighted by Crippen LogP contribution is -1.87. The van der Waals surface area contributed by atoms with E-state index in [4.69, 9.17) is 5.26 Å². The van der Waals surface area contributed by atoms with Crippen LogP contribution in [-0.4, -0.2) is 16.3 Å². The lowest BCUT2D eigenvalue weighted by Gasteiger charge is -1.99. The molecule has 84 valence electrons. The Morgan fingerprint density at radius 3 is 2.82 bits per heavy atom. The second-order valence-corrected chi connectivity index (χ2v) is 4.00. The van der Waals surface area contributed by atoms with E-state index < -0.39 is 5.82 Å². The van der Waals surface area contributed by atoms with Crippen LogP contribution in [0.25, 0.3) is 11.3 Å². The third-order valence-corrected chi connectivity index (χ3v) is 2.73. The second-order valence-electron chi connectivity index (χ2n) is 3.21. The number of aromatic amines is 1. The number of benzene rings is 1. The topological polar surface area (TPSA) is 69.5 Å². The van der Waals surface area contributed by atoms with Crippen LogP contribution in [0.15, 0.2) is 22.8 Å². The zero-order valence-corrected chi connectivity index (χ0v) is 9.95. The lowest BCUT2D eigenvalue weighted by molar-refractivity contribution is 0.111. The predicted molar refractivity (Wildman–Crippen MR) is 61.8 cm³/mol. The fraction of sp³-hybridized carbons (Fsp3) is 0. The summed E-state index contributed by atoms with van der Waals surface area (Å²) >= 11 is 3.19. The molecule has 0 unspecified atom stereocenters. The SMILES string of the molecule is N#Cc1ccc(-c2nc(C=O)[nH]c2Br)cc1F. The number of nitrogens with zero attached hydrogens (tertiary/aromatic N) is 2. The number of carbonyl (C=O) groups is 1. The quantitative estimate of drug-likeness (QED) is 0.866. The van der Waals surface area contributed by atoms with Gasteiger partial charge in [0.1, 0.15) is 22.2 Å². The van der Waals surface area contributed by atoms with Gasteiger partial charge in [-0.25, -0.2) is 9.37 Å². The second kappa shape index (κ2) is 4.47. The highest BCUT2D eigenvalue weighted by Gasteiger charge is 2.12. The summed E-state index contributed by atoms with van der Waals surface area (Å²) < 4.78 is 13.9. The lowest BCUT2D eigenvalue weighted by atomic mass is 10.1. The predicted octanol–water partition coefficient (Wildman–Crippen LogP) is 2.66. The standard InChI is InChI=1S/C11H5BrFN3O/c12-11-10(15-9(5-17)16-11)6-1-2-7(4-14)8(13)3-6/h1-3,5H,(H,15,16). The summed E-state index contributed by atoms with van der Waals surface area (Å²) in [6.45, 7) is 0. The van der Waals surface area contributed by atoms with E-state index in [2.05, 4.69) is 25.9 Å². The zero-order valence-electron chi connectivity index (χ0n) is 8.37. The van der Waals surface area contributed by atoms with Crippen LogP contribution in [0.5, 0.6) is 0 Å². The summed E-state index contributed by atoms with van der Waals surface area (Å²) in [5, 5.41) is 8.61. The Labute approximate surface area is 104 Å². The van der Waals surface area contributed by atoms with Crippen LogP contribution in [0.4, 0.5) is 4.39 Å². The number of aromatic nitrogens is 2. The molecule has 1 N–H and O–H groups in total. The first kappa shape index (κ1) is 11.5. The Balaban J connectivity index is 2.53. The van der Waals surface area contributed by atoms with E-state index in [0.717, 1.165) is 0 Å². The van der Waals surface area contributed by atoms with Gasteiger partial charge >= 0.3 is 0 Å². The van der Waals surface area contributed by atoms with Gasteiger partial charge in [-0.3, -0.25) is 4.79 Å². The molecule has 0 saturated heterocycles. The minimum absolute atomic E-state index is 0.0315. The van der Waals surface area contributed by atoms with Crippen LogP contribution >= 0.6 is 15.9 Å². The van der Waals surface area contributed by atoms with Gasteiger partial charge in [-0.2, -0.15) is 5.26 Å². The molecule has 0 amide bonds. The molecule has 0 bridgehead atoms. The molecule has 2 rings (SSSR count). The number of hydrogen-bond acceptors (Lipinski definition) is 3. The smallest absolute Gasteiger partial charge is 0.185 e. The molecular formula is C11H5BrFN3O. The van der Waals surface area contributed by atoms with Gasteiger partial charge in [0.05, 0.1) is 5.56 Å². The Morgan fingerprint density at radius 1 is 1.53 bits per heavy atom. The maximum absolute atomic E-state index is 13.4. The Hall–Kier alpha value is -2.00. The van der Waals surface area contributed by atoms with Gasteiger partial charge in [0.2, 0.25) is 0 Å². The van der Waals surface area contributed by atoms with Crippen LogP contribution < -0.4 is 0 Å². The van der Waals surface area contributed by atoms with Crippen molar-refractivity contribution in [2.24, 2.45) is 0 Å². The van der Waals surface area contributed by atoms with E-state index in [9.17, 15) is 9.18 Å². The van der Waals surface area contributed by atoms with Crippen LogP contribution in [0.2, 0.25) is 0 Å². The highest BCUT2D eigenvalue weighted by molar-refractivity contribution is 9.10. The van der Waals surface area contributed by atoms with Gasteiger partial charge in [-0.05, 0) is 28.1 Å². The molecule has 0 saturated carbocycles. The molecule has 4 nitrogen and oxygen atoms in total. The number of halogens is 2. The van der Waals surface area contributed by atoms with Gasteiger partial charge in [0.15, 0.2) is 12.1 Å². The number of nitrogens with one attached hydrogen (secondary N) is 1. The van der Waals surface area contributed by atoms with Gasteiger partial charge in [0.25, 0.3) is 0 Å². The maximum Gasteiger partial charge on any atom is 0.185 e. The minimum atomic E-state index is -0.618. The van der Waals surface area contributed by atoms with Gasteiger partial charge in [-0.15, -0.1) is 0 Å². The van der Waals surface area contributed by atoms with E-state index >= 15 is 0 Å². The third-order valence-electron chi connectivity index (χ3n) is 2.15. The summed E-state index contributed by atoms with van der Waals surface area (Å²) in [5.74, 6) is -0.468. The molecule has 2 aromatic rings. The van der Waals surface area contributed by atoms with Crippen molar-refractivity contribution < 1.29 is 9.18 Å². The van der Waals surface area contributed by atoms with Crippen molar-refractivity contribution >= 4 is 22.2 Å². The average Bonchev–Trinajstić information content (AvgIpc) is 2.70. The number of hydrogen-bond donors (Lipinski definition) is 1. The number of H-pyrrole nitrogens is 1. The molecule has 1 heterocycles. The molecule has 0 atom stereocenters. The summed E-state index contributed by atoms with van der Waals surface area (Å²) in [6, 6.07) is 5.87. The largest absolute Gasteiger partial charge is 0.330 e. The molecule has 0 aliphatic carbocycles. The highest BCUT2D eigenvalue weighted by atomic mass is 79.9. The van der Waals surface area contributed by atoms with Crippen molar-refractivity contribution in [1.82, 2.24) is 9.97 Å². The minimum Gasteiger partial charge on any atom is -0.330 e. The van der Waals surface area contributed by atoms with Crippen LogP contribution in [0, 0.1) is 17.1 Å². The molecule has 0 spiro atoms. The Kier molecular flexibility index (Phi) is 3.02. The summed E-state index contributed by atoms with van der Waals surface area (Å²) in [6.07, 6.45) is 0.564. The highest BCUT2D eigenvalue weighted by Crippen LogP contribution is 2.26. The molecule has 1 aromatic heterocycles. The Bertz CT molecular complexity index is 630. The van der Waals surface area contributed by atoms with E-state index in [1.807, 2.05) is 0 Å². The van der Waals surface area contributed by atoms with Crippen LogP contribution in [0.3, 0.4) is 0 Å². The van der Waals surface area contributed by atoms with Gasteiger partial charge in [-0.1, -0.05) is 6.07 Å². The van der Waals surface area contributed by atoms with Crippen LogP contribution in [-0.2, 0) is 0 Å². The van der Waals surface area contributed by atoms with Crippen molar-refractivity contribution in [2.45, 2.75) is 0 Å². The van der Waals surface area contributed by atoms with E-state index in [1.54, 1.807) is 12.1 Å². The zero-order chi connectivity index (χ0) is 12.4. The fourth-order valence-electron chi connectivity index (χ4n) is 1.37. The average molecular weight is 294 g/mol. The number of carbonyl (C=O) groups excluding carboxylic acids is 1. The molecule has 6 heteroatoms. The monoisotopic (exact) mass is 293 g/mol. The third kappa shape index (κ3) is 2.10. The first-order chi connectivity index (χ1) is 8.15. The maximum atomic E-state index is 13.4. The van der Waals surface area contributed by atoms with Crippen molar-refractivity contribution in [1.29, 1.82) is 5.26 Å². The molecule has 17 heavy (non-hydrogen) atoms. The van der Waals surface area contributed by atoms with E-state index in [1.165, 1.54) is 12.1 Å². The summed E-state index contributed by atoms with van der Waals surface area (Å²) in [4.78, 5) is 17.2. The summed E-state index contributed by atoms with van der Waals surface area (Å²) in [5.41, 5.74) is 0.879. The first-order valence-corrected chi connectivity index (χ1v) is 5.35. The molecular weight excluding hydrogens is 289 g/mol. The van der Waals surface area contributed by atoms with E-state index in [-0.39, 0.29) is 11.4 Å². The molecule has 0 fully saturated rings. The number of imidazole rings is 1. The normalized spacial score (nSPS) is 9.94. The van der Waals surface area contributed by atoms with Crippen molar-refractivity contribution in [3.8, 4) is 17.3 Å².